The van der Waals surface area contributed by atoms with E-state index in [2.05, 4.69) is 5.10 Å². The van der Waals surface area contributed by atoms with E-state index >= 15 is 0 Å². The zero-order chi connectivity index (χ0) is 20.2. The maximum absolute atomic E-state index is 10.8. The highest BCUT2D eigenvalue weighted by Crippen LogP contribution is 2.34. The quantitative estimate of drug-likeness (QED) is 0.443. The number of hydrogen-bond acceptors (Lipinski definition) is 6. The summed E-state index contributed by atoms with van der Waals surface area (Å²) in [5, 5.41) is 15.4. The summed E-state index contributed by atoms with van der Waals surface area (Å²) in [6.07, 6.45) is 3.47. The van der Waals surface area contributed by atoms with Crippen LogP contribution in [0.1, 0.15) is 18.4 Å². The van der Waals surface area contributed by atoms with E-state index in [0.717, 1.165) is 29.7 Å². The third-order valence-corrected chi connectivity index (χ3v) is 4.74. The van der Waals surface area contributed by atoms with Gasteiger partial charge in [-0.3, -0.25) is 14.8 Å². The monoisotopic (exact) mass is 395 g/mol. The molecular formula is C21H21N3O5. The number of methoxy groups -OCH3 is 1. The van der Waals surface area contributed by atoms with Gasteiger partial charge in [0, 0.05) is 30.3 Å². The van der Waals surface area contributed by atoms with Crippen molar-refractivity contribution in [3.8, 4) is 22.8 Å². The normalized spacial score (nSPS) is 16.0. The van der Waals surface area contributed by atoms with Crippen LogP contribution in [0.5, 0.6) is 11.5 Å². The lowest BCUT2D eigenvalue weighted by atomic mass is 10.1. The van der Waals surface area contributed by atoms with Crippen LogP contribution in [0.2, 0.25) is 0 Å². The minimum Gasteiger partial charge on any atom is -0.493 e. The van der Waals surface area contributed by atoms with Crippen LogP contribution in [-0.4, -0.2) is 34.7 Å². The molecule has 8 nitrogen and oxygen atoms in total. The van der Waals surface area contributed by atoms with E-state index in [1.165, 1.54) is 12.1 Å². The van der Waals surface area contributed by atoms with Crippen molar-refractivity contribution < 1.29 is 19.1 Å². The zero-order valence-electron chi connectivity index (χ0n) is 16.0. The van der Waals surface area contributed by atoms with Crippen LogP contribution < -0.4 is 9.47 Å². The Bertz CT molecular complexity index is 994. The van der Waals surface area contributed by atoms with E-state index < -0.39 is 4.92 Å². The molecule has 150 valence electrons. The zero-order valence-corrected chi connectivity index (χ0v) is 16.0. The maximum Gasteiger partial charge on any atom is 0.269 e. The van der Waals surface area contributed by atoms with Crippen LogP contribution in [0.25, 0.3) is 11.3 Å². The third-order valence-electron chi connectivity index (χ3n) is 4.74. The van der Waals surface area contributed by atoms with Gasteiger partial charge in [0.15, 0.2) is 17.8 Å². The first-order valence-electron chi connectivity index (χ1n) is 9.36. The fraction of sp³-hybridized carbons (Fsp3) is 0.286. The van der Waals surface area contributed by atoms with Crippen molar-refractivity contribution in [2.45, 2.75) is 25.7 Å². The smallest absolute Gasteiger partial charge is 0.269 e. The number of benzene rings is 2. The summed E-state index contributed by atoms with van der Waals surface area (Å²) < 4.78 is 18.7. The predicted octanol–water partition coefficient (Wildman–Crippen LogP) is 4.03. The fourth-order valence-electron chi connectivity index (χ4n) is 3.22. The van der Waals surface area contributed by atoms with Crippen LogP contribution in [0, 0.1) is 10.1 Å². The largest absolute Gasteiger partial charge is 0.493 e. The van der Waals surface area contributed by atoms with Crippen molar-refractivity contribution in [2.24, 2.45) is 0 Å². The van der Waals surface area contributed by atoms with Crippen LogP contribution >= 0.6 is 0 Å². The van der Waals surface area contributed by atoms with Crippen molar-refractivity contribution in [3.05, 3.63) is 70.4 Å². The second-order valence-electron chi connectivity index (χ2n) is 6.75. The maximum atomic E-state index is 10.8. The Morgan fingerprint density at radius 2 is 2.03 bits per heavy atom. The van der Waals surface area contributed by atoms with Crippen molar-refractivity contribution in [3.63, 3.8) is 0 Å². The van der Waals surface area contributed by atoms with Gasteiger partial charge in [-0.2, -0.15) is 5.10 Å². The molecule has 0 amide bonds. The molecule has 1 aliphatic heterocycles. The SMILES string of the molecule is COc1ccc(-c2ccn(Cc3ccc([N+](=O)[O-])cc3)n2)cc1OC1CCCO1. The standard InChI is InChI=1S/C21H21N3O5/c1-27-19-9-6-16(13-20(19)29-21-3-2-12-28-21)18-10-11-23(22-18)14-15-4-7-17(8-5-15)24(25)26/h4-11,13,21H,2-3,12,14H2,1H3. The number of nitro benzene ring substituents is 1. The lowest BCUT2D eigenvalue weighted by molar-refractivity contribution is -0.384. The molecule has 0 saturated carbocycles. The van der Waals surface area contributed by atoms with Crippen LogP contribution in [0.4, 0.5) is 5.69 Å². The van der Waals surface area contributed by atoms with Crippen molar-refractivity contribution >= 4 is 5.69 Å². The highest BCUT2D eigenvalue weighted by atomic mass is 16.7. The first kappa shape index (κ1) is 18.9. The molecule has 2 heterocycles. The molecule has 1 fully saturated rings. The number of non-ortho nitro benzene ring substituents is 1. The van der Waals surface area contributed by atoms with Gasteiger partial charge in [0.25, 0.3) is 5.69 Å². The van der Waals surface area contributed by atoms with Gasteiger partial charge in [-0.15, -0.1) is 0 Å². The highest BCUT2D eigenvalue weighted by molar-refractivity contribution is 5.63. The summed E-state index contributed by atoms with van der Waals surface area (Å²) in [5.41, 5.74) is 2.71. The van der Waals surface area contributed by atoms with Crippen molar-refractivity contribution in [1.82, 2.24) is 9.78 Å². The number of nitrogens with zero attached hydrogens (tertiary/aromatic N) is 3. The van der Waals surface area contributed by atoms with Gasteiger partial charge < -0.3 is 14.2 Å². The number of hydrogen-bond donors (Lipinski definition) is 0. The molecule has 0 radical (unpaired) electrons. The Balaban J connectivity index is 1.51. The number of rotatable bonds is 7. The lowest BCUT2D eigenvalue weighted by Gasteiger charge is -2.16. The fourth-order valence-corrected chi connectivity index (χ4v) is 3.22. The Hall–Kier alpha value is -3.39. The number of aromatic nitrogens is 2. The summed E-state index contributed by atoms with van der Waals surface area (Å²) in [6.45, 7) is 1.23. The second kappa shape index (κ2) is 8.32. The molecular weight excluding hydrogens is 374 g/mol. The Morgan fingerprint density at radius 1 is 1.21 bits per heavy atom. The molecule has 0 N–H and O–H groups in total. The average Bonchev–Trinajstić information content (AvgIpc) is 3.40. The van der Waals surface area contributed by atoms with Gasteiger partial charge in [-0.05, 0) is 36.2 Å². The summed E-state index contributed by atoms with van der Waals surface area (Å²) >= 11 is 0. The van der Waals surface area contributed by atoms with Gasteiger partial charge in [0.2, 0.25) is 0 Å². The predicted molar refractivity (Wildman–Crippen MR) is 106 cm³/mol. The molecule has 2 aromatic carbocycles. The molecule has 0 aliphatic carbocycles. The van der Waals surface area contributed by atoms with Crippen LogP contribution in [0.15, 0.2) is 54.7 Å². The van der Waals surface area contributed by atoms with E-state index in [1.807, 2.05) is 30.5 Å². The molecule has 0 bridgehead atoms. The molecule has 0 spiro atoms. The van der Waals surface area contributed by atoms with Gasteiger partial charge in [-0.1, -0.05) is 12.1 Å². The molecule has 1 aromatic heterocycles. The first-order valence-corrected chi connectivity index (χ1v) is 9.36. The molecule has 1 atom stereocenters. The molecule has 4 rings (SSSR count). The van der Waals surface area contributed by atoms with E-state index in [4.69, 9.17) is 14.2 Å². The molecule has 8 heteroatoms. The minimum atomic E-state index is -0.407. The van der Waals surface area contributed by atoms with Gasteiger partial charge >= 0.3 is 0 Å². The molecule has 3 aromatic rings. The Labute approximate surface area is 167 Å². The van der Waals surface area contributed by atoms with Crippen molar-refractivity contribution in [2.75, 3.05) is 13.7 Å². The summed E-state index contributed by atoms with van der Waals surface area (Å²) in [7, 11) is 1.61. The van der Waals surface area contributed by atoms with E-state index in [1.54, 1.807) is 23.9 Å². The summed E-state index contributed by atoms with van der Waals surface area (Å²) in [6, 6.07) is 14.1. The number of ether oxygens (including phenoxy) is 3. The topological polar surface area (TPSA) is 88.7 Å². The van der Waals surface area contributed by atoms with E-state index in [0.29, 0.717) is 24.7 Å². The molecule has 1 saturated heterocycles. The van der Waals surface area contributed by atoms with Crippen molar-refractivity contribution in [1.29, 1.82) is 0 Å². The first-order chi connectivity index (χ1) is 14.1. The number of nitro groups is 1. The average molecular weight is 395 g/mol. The van der Waals surface area contributed by atoms with Crippen LogP contribution in [0.3, 0.4) is 0 Å². The summed E-state index contributed by atoms with van der Waals surface area (Å²) in [5.74, 6) is 1.27. The third kappa shape index (κ3) is 4.38. The van der Waals surface area contributed by atoms with Crippen LogP contribution in [-0.2, 0) is 11.3 Å². The Kier molecular flexibility index (Phi) is 5.44. The van der Waals surface area contributed by atoms with Gasteiger partial charge in [0.1, 0.15) is 0 Å². The minimum absolute atomic E-state index is 0.0758. The van der Waals surface area contributed by atoms with E-state index in [9.17, 15) is 10.1 Å². The molecule has 1 aliphatic rings. The molecule has 1 unspecified atom stereocenters. The Morgan fingerprint density at radius 3 is 2.72 bits per heavy atom. The second-order valence-corrected chi connectivity index (χ2v) is 6.75. The summed E-state index contributed by atoms with van der Waals surface area (Å²) in [4.78, 5) is 10.4. The molecule has 29 heavy (non-hydrogen) atoms. The highest BCUT2D eigenvalue weighted by Gasteiger charge is 2.19. The lowest BCUT2D eigenvalue weighted by Crippen LogP contribution is -2.14. The van der Waals surface area contributed by atoms with Gasteiger partial charge in [0.05, 0.1) is 30.9 Å². The van der Waals surface area contributed by atoms with E-state index in [-0.39, 0.29) is 12.0 Å². The van der Waals surface area contributed by atoms with Gasteiger partial charge in [-0.25, -0.2) is 0 Å².